The van der Waals surface area contributed by atoms with Gasteiger partial charge < -0.3 is 19.0 Å². The molecule has 2 heterocycles. The van der Waals surface area contributed by atoms with Crippen LogP contribution in [0.1, 0.15) is 34.8 Å². The number of amides is 1. The van der Waals surface area contributed by atoms with Gasteiger partial charge in [0.25, 0.3) is 11.5 Å². The number of pyridine rings is 1. The molecule has 0 bridgehead atoms. The Bertz CT molecular complexity index is 1300. The van der Waals surface area contributed by atoms with Crippen LogP contribution in [0, 0.1) is 6.92 Å². The Morgan fingerprint density at radius 2 is 1.90 bits per heavy atom. The zero-order valence-electron chi connectivity index (χ0n) is 16.8. The Morgan fingerprint density at radius 1 is 1.14 bits per heavy atom. The average molecular weight is 390 g/mol. The van der Waals surface area contributed by atoms with E-state index in [1.54, 1.807) is 26.3 Å². The van der Waals surface area contributed by atoms with Crippen molar-refractivity contribution in [1.82, 2.24) is 9.88 Å². The maximum absolute atomic E-state index is 12.9. The van der Waals surface area contributed by atoms with Gasteiger partial charge in [0.05, 0.1) is 13.2 Å². The van der Waals surface area contributed by atoms with Gasteiger partial charge in [0, 0.05) is 23.4 Å². The maximum atomic E-state index is 12.9. The van der Waals surface area contributed by atoms with E-state index in [0.29, 0.717) is 16.8 Å². The van der Waals surface area contributed by atoms with Crippen molar-refractivity contribution in [2.24, 2.45) is 7.05 Å². The molecule has 4 aromatic rings. The van der Waals surface area contributed by atoms with Crippen molar-refractivity contribution in [3.63, 3.8) is 0 Å². The normalized spacial score (nSPS) is 12.3. The zero-order chi connectivity index (χ0) is 20.7. The van der Waals surface area contributed by atoms with E-state index in [4.69, 9.17) is 9.15 Å². The number of aryl methyl sites for hydroxylation is 1. The number of benzene rings is 2. The van der Waals surface area contributed by atoms with Crippen LogP contribution in [0.25, 0.3) is 21.7 Å². The minimum atomic E-state index is -0.373. The first-order valence-electron chi connectivity index (χ1n) is 9.37. The number of hydrogen-bond donors (Lipinski definition) is 1. The molecule has 29 heavy (non-hydrogen) atoms. The summed E-state index contributed by atoms with van der Waals surface area (Å²) in [4.78, 5) is 25.5. The third-order valence-electron chi connectivity index (χ3n) is 5.30. The Hall–Kier alpha value is -3.54. The van der Waals surface area contributed by atoms with E-state index in [1.165, 1.54) is 4.57 Å². The van der Waals surface area contributed by atoms with E-state index in [-0.39, 0.29) is 17.5 Å². The molecule has 1 amide bonds. The molecule has 0 aliphatic rings. The van der Waals surface area contributed by atoms with Gasteiger partial charge in [-0.15, -0.1) is 0 Å². The molecule has 0 spiro atoms. The molecule has 0 saturated carbocycles. The van der Waals surface area contributed by atoms with Gasteiger partial charge in [-0.25, -0.2) is 0 Å². The Balaban J connectivity index is 1.68. The van der Waals surface area contributed by atoms with Crippen LogP contribution in [0.5, 0.6) is 5.75 Å². The number of methoxy groups -OCH3 is 1. The van der Waals surface area contributed by atoms with Gasteiger partial charge in [-0.05, 0) is 49.6 Å². The largest absolute Gasteiger partial charge is 0.497 e. The molecule has 4 rings (SSSR count). The van der Waals surface area contributed by atoms with Crippen LogP contribution in [0.15, 0.2) is 57.7 Å². The van der Waals surface area contributed by atoms with Crippen LogP contribution < -0.4 is 15.6 Å². The lowest BCUT2D eigenvalue weighted by molar-refractivity contribution is 0.0926. The molecular formula is C23H22N2O4. The quantitative estimate of drug-likeness (QED) is 0.570. The fraction of sp³-hybridized carbons (Fsp3) is 0.217. The van der Waals surface area contributed by atoms with E-state index in [0.717, 1.165) is 27.7 Å². The second kappa shape index (κ2) is 7.13. The van der Waals surface area contributed by atoms with Crippen LogP contribution in [0.2, 0.25) is 0 Å². The molecule has 148 valence electrons. The lowest BCUT2D eigenvalue weighted by Crippen LogP contribution is -2.32. The summed E-state index contributed by atoms with van der Waals surface area (Å²) in [5, 5.41) is 5.22. The molecule has 6 heteroatoms. The van der Waals surface area contributed by atoms with Gasteiger partial charge in [0.2, 0.25) is 0 Å². The van der Waals surface area contributed by atoms with E-state index in [9.17, 15) is 9.59 Å². The fourth-order valence-electron chi connectivity index (χ4n) is 3.66. The third kappa shape index (κ3) is 3.16. The molecule has 0 fully saturated rings. The first kappa shape index (κ1) is 18.8. The number of rotatable bonds is 4. The molecule has 0 aliphatic heterocycles. The lowest BCUT2D eigenvalue weighted by atomic mass is 10.1. The number of carbonyl (C=O) groups excluding carboxylic acids is 1. The highest BCUT2D eigenvalue weighted by Crippen LogP contribution is 2.32. The molecule has 2 aromatic heterocycles. The number of furan rings is 1. The van der Waals surface area contributed by atoms with Crippen LogP contribution in [-0.2, 0) is 7.05 Å². The maximum Gasteiger partial charge on any atom is 0.268 e. The Kier molecular flexibility index (Phi) is 4.62. The summed E-state index contributed by atoms with van der Waals surface area (Å²) in [6, 6.07) is 14.2. The minimum absolute atomic E-state index is 0.201. The molecule has 0 unspecified atom stereocenters. The number of carbonyl (C=O) groups is 1. The summed E-state index contributed by atoms with van der Waals surface area (Å²) in [7, 11) is 3.22. The SMILES string of the molecule is COc1ccc2oc([C@H](C)NC(=O)c3cc4ccccc4c(=O)n3C)c(C)c2c1. The average Bonchev–Trinajstić information content (AvgIpc) is 3.06. The molecule has 6 nitrogen and oxygen atoms in total. The number of aromatic nitrogens is 1. The summed E-state index contributed by atoms with van der Waals surface area (Å²) in [6.07, 6.45) is 0. The van der Waals surface area contributed by atoms with Gasteiger partial charge >= 0.3 is 0 Å². The van der Waals surface area contributed by atoms with Crippen molar-refractivity contribution in [2.45, 2.75) is 19.9 Å². The van der Waals surface area contributed by atoms with Crippen molar-refractivity contribution in [1.29, 1.82) is 0 Å². The zero-order valence-corrected chi connectivity index (χ0v) is 16.8. The third-order valence-corrected chi connectivity index (χ3v) is 5.30. The van der Waals surface area contributed by atoms with Crippen LogP contribution in [0.3, 0.4) is 0 Å². The summed E-state index contributed by atoms with van der Waals surface area (Å²) in [5.74, 6) is 1.09. The van der Waals surface area contributed by atoms with E-state index >= 15 is 0 Å². The van der Waals surface area contributed by atoms with E-state index < -0.39 is 0 Å². The first-order valence-corrected chi connectivity index (χ1v) is 9.37. The second-order valence-corrected chi connectivity index (χ2v) is 7.13. The minimum Gasteiger partial charge on any atom is -0.497 e. The van der Waals surface area contributed by atoms with Gasteiger partial charge in [-0.3, -0.25) is 9.59 Å². The predicted octanol–water partition coefficient (Wildman–Crippen LogP) is 4.09. The van der Waals surface area contributed by atoms with Crippen LogP contribution >= 0.6 is 0 Å². The molecule has 2 aromatic carbocycles. The highest BCUT2D eigenvalue weighted by molar-refractivity contribution is 5.97. The number of ether oxygens (including phenoxy) is 1. The van der Waals surface area contributed by atoms with Gasteiger partial charge in [-0.2, -0.15) is 0 Å². The molecular weight excluding hydrogens is 368 g/mol. The molecule has 1 N–H and O–H groups in total. The standard InChI is InChI=1S/C23H22N2O4/c1-13-18-12-16(28-4)9-10-20(18)29-21(13)14(2)24-22(26)19-11-15-7-5-6-8-17(15)23(27)25(19)3/h5-12,14H,1-4H3,(H,24,26)/t14-/m0/s1. The van der Waals surface area contributed by atoms with Crippen molar-refractivity contribution < 1.29 is 13.9 Å². The second-order valence-electron chi connectivity index (χ2n) is 7.13. The molecule has 1 atom stereocenters. The van der Waals surface area contributed by atoms with Crippen LogP contribution in [0.4, 0.5) is 0 Å². The monoisotopic (exact) mass is 390 g/mol. The summed E-state index contributed by atoms with van der Waals surface area (Å²) < 4.78 is 12.6. The Morgan fingerprint density at radius 3 is 2.66 bits per heavy atom. The lowest BCUT2D eigenvalue weighted by Gasteiger charge is -2.15. The van der Waals surface area contributed by atoms with E-state index in [1.807, 2.05) is 50.2 Å². The molecule has 0 aliphatic carbocycles. The van der Waals surface area contributed by atoms with E-state index in [2.05, 4.69) is 5.32 Å². The Labute approximate surface area is 167 Å². The van der Waals surface area contributed by atoms with Crippen molar-refractivity contribution >= 4 is 27.6 Å². The number of fused-ring (bicyclic) bond motifs is 2. The van der Waals surface area contributed by atoms with Gasteiger partial charge in [0.1, 0.15) is 22.8 Å². The number of nitrogens with one attached hydrogen (secondary N) is 1. The van der Waals surface area contributed by atoms with Gasteiger partial charge in [-0.1, -0.05) is 18.2 Å². The fourth-order valence-corrected chi connectivity index (χ4v) is 3.66. The van der Waals surface area contributed by atoms with Gasteiger partial charge in [0.15, 0.2) is 0 Å². The summed E-state index contributed by atoms with van der Waals surface area (Å²) >= 11 is 0. The van der Waals surface area contributed by atoms with Crippen molar-refractivity contribution in [3.05, 3.63) is 75.9 Å². The molecule has 0 saturated heterocycles. The topological polar surface area (TPSA) is 73.5 Å². The van der Waals surface area contributed by atoms with Crippen molar-refractivity contribution in [2.75, 3.05) is 7.11 Å². The summed E-state index contributed by atoms with van der Waals surface area (Å²) in [5.41, 5.74) is 1.78. The first-order chi connectivity index (χ1) is 13.9. The van der Waals surface area contributed by atoms with Crippen molar-refractivity contribution in [3.8, 4) is 5.75 Å². The predicted molar refractivity (Wildman–Crippen MR) is 113 cm³/mol. The highest BCUT2D eigenvalue weighted by Gasteiger charge is 2.21. The summed E-state index contributed by atoms with van der Waals surface area (Å²) in [6.45, 7) is 3.81. The smallest absolute Gasteiger partial charge is 0.268 e. The number of hydrogen-bond acceptors (Lipinski definition) is 4. The number of nitrogens with zero attached hydrogens (tertiary/aromatic N) is 1. The highest BCUT2D eigenvalue weighted by atomic mass is 16.5. The van der Waals surface area contributed by atoms with Crippen LogP contribution in [-0.4, -0.2) is 17.6 Å². The molecule has 0 radical (unpaired) electrons.